The summed E-state index contributed by atoms with van der Waals surface area (Å²) in [6.45, 7) is 3.82. The zero-order valence-corrected chi connectivity index (χ0v) is 18.7. The number of aromatic nitrogens is 4. The number of nitrogens with zero attached hydrogens (tertiary/aromatic N) is 5. The number of para-hydroxylation sites is 2. The number of aryl methyl sites for hydroxylation is 1. The molecule has 1 fully saturated rings. The van der Waals surface area contributed by atoms with E-state index in [-0.39, 0.29) is 24.2 Å². The van der Waals surface area contributed by atoms with Crippen LogP contribution in [0.4, 0.5) is 10.2 Å². The number of hydrogen-bond donors (Lipinski definition) is 1. The van der Waals surface area contributed by atoms with Gasteiger partial charge in [-0.3, -0.25) is 9.20 Å². The summed E-state index contributed by atoms with van der Waals surface area (Å²) >= 11 is 0. The molecule has 4 aromatic rings. The van der Waals surface area contributed by atoms with Crippen LogP contribution in [-0.4, -0.2) is 38.6 Å². The molecule has 7 nitrogen and oxygen atoms in total. The monoisotopic (exact) mass is 446 g/mol. The Hall–Kier alpha value is -3.55. The van der Waals surface area contributed by atoms with Crippen LogP contribution in [0.5, 0.6) is 0 Å². The highest BCUT2D eigenvalue weighted by atomic mass is 19.1. The number of hydrogen-bond acceptors (Lipinski definition) is 5. The Morgan fingerprint density at radius 3 is 2.61 bits per heavy atom. The lowest BCUT2D eigenvalue weighted by molar-refractivity contribution is -0.121. The lowest BCUT2D eigenvalue weighted by atomic mass is 10.1. The summed E-state index contributed by atoms with van der Waals surface area (Å²) in [4.78, 5) is 19.8. The van der Waals surface area contributed by atoms with Crippen LogP contribution < -0.4 is 10.2 Å². The van der Waals surface area contributed by atoms with Gasteiger partial charge in [0.1, 0.15) is 11.6 Å². The highest BCUT2D eigenvalue weighted by molar-refractivity contribution is 5.83. The first kappa shape index (κ1) is 21.3. The van der Waals surface area contributed by atoms with Gasteiger partial charge in [-0.05, 0) is 56.0 Å². The molecule has 170 valence electrons. The van der Waals surface area contributed by atoms with E-state index >= 15 is 0 Å². The summed E-state index contributed by atoms with van der Waals surface area (Å²) in [6, 6.07) is 14.0. The van der Waals surface area contributed by atoms with Gasteiger partial charge in [0.2, 0.25) is 11.6 Å². The van der Waals surface area contributed by atoms with E-state index in [9.17, 15) is 9.18 Å². The van der Waals surface area contributed by atoms with Crippen LogP contribution in [0.15, 0.2) is 48.5 Å². The third-order valence-corrected chi connectivity index (χ3v) is 6.26. The van der Waals surface area contributed by atoms with Gasteiger partial charge in [0.15, 0.2) is 5.82 Å². The Kier molecular flexibility index (Phi) is 5.90. The van der Waals surface area contributed by atoms with E-state index in [1.807, 2.05) is 35.6 Å². The first-order chi connectivity index (χ1) is 16.1. The fraction of sp³-hybridized carbons (Fsp3) is 0.360. The number of fused-ring (bicyclic) bond motifs is 3. The van der Waals surface area contributed by atoms with Gasteiger partial charge in [-0.2, -0.15) is 0 Å². The molecule has 0 radical (unpaired) electrons. The first-order valence-electron chi connectivity index (χ1n) is 11.5. The molecule has 1 saturated heterocycles. The Morgan fingerprint density at radius 1 is 1.06 bits per heavy atom. The van der Waals surface area contributed by atoms with Crippen molar-refractivity contribution in [2.45, 2.75) is 45.1 Å². The molecule has 1 aliphatic heterocycles. The van der Waals surface area contributed by atoms with Crippen LogP contribution in [0, 0.1) is 5.82 Å². The predicted octanol–water partition coefficient (Wildman–Crippen LogP) is 4.22. The highest BCUT2D eigenvalue weighted by Gasteiger charge is 2.21. The van der Waals surface area contributed by atoms with Crippen LogP contribution in [-0.2, 0) is 11.2 Å². The van der Waals surface area contributed by atoms with Gasteiger partial charge in [-0.15, -0.1) is 10.2 Å². The molecule has 1 N–H and O–H groups in total. The van der Waals surface area contributed by atoms with Crippen molar-refractivity contribution in [1.82, 2.24) is 24.9 Å². The van der Waals surface area contributed by atoms with E-state index in [2.05, 4.69) is 20.4 Å². The van der Waals surface area contributed by atoms with Gasteiger partial charge >= 0.3 is 0 Å². The quantitative estimate of drug-likeness (QED) is 0.480. The number of amides is 1. The van der Waals surface area contributed by atoms with Gasteiger partial charge in [0.05, 0.1) is 17.1 Å². The maximum absolute atomic E-state index is 13.2. The lowest BCUT2D eigenvalue weighted by Crippen LogP contribution is -2.30. The third kappa shape index (κ3) is 4.37. The van der Waals surface area contributed by atoms with Crippen molar-refractivity contribution in [2.24, 2.45) is 0 Å². The number of rotatable bonds is 6. The summed E-state index contributed by atoms with van der Waals surface area (Å²) in [7, 11) is 0. The minimum Gasteiger partial charge on any atom is -0.353 e. The fourth-order valence-corrected chi connectivity index (χ4v) is 4.48. The predicted molar refractivity (Wildman–Crippen MR) is 126 cm³/mol. The fourth-order valence-electron chi connectivity index (χ4n) is 4.48. The molecule has 5 rings (SSSR count). The number of carbonyl (C=O) groups excluding carboxylic acids is 1. The topological polar surface area (TPSA) is 75.4 Å². The molecular weight excluding hydrogens is 419 g/mol. The van der Waals surface area contributed by atoms with Crippen LogP contribution in [0.3, 0.4) is 0 Å². The van der Waals surface area contributed by atoms with E-state index in [1.54, 1.807) is 12.1 Å². The van der Waals surface area contributed by atoms with Gasteiger partial charge < -0.3 is 10.2 Å². The number of carbonyl (C=O) groups is 1. The Labute approximate surface area is 191 Å². The van der Waals surface area contributed by atoms with Crippen molar-refractivity contribution in [2.75, 3.05) is 18.0 Å². The van der Waals surface area contributed by atoms with Crippen LogP contribution in [0.1, 0.15) is 50.0 Å². The highest BCUT2D eigenvalue weighted by Crippen LogP contribution is 2.27. The number of nitrogens with one attached hydrogen (secondary N) is 1. The summed E-state index contributed by atoms with van der Waals surface area (Å²) < 4.78 is 15.2. The van der Waals surface area contributed by atoms with Crippen molar-refractivity contribution in [3.05, 3.63) is 65.7 Å². The molecule has 0 bridgehead atoms. The summed E-state index contributed by atoms with van der Waals surface area (Å²) in [6.07, 6.45) is 4.27. The molecular formula is C25H27FN6O. The van der Waals surface area contributed by atoms with Crippen LogP contribution >= 0.6 is 0 Å². The average molecular weight is 447 g/mol. The second-order valence-electron chi connectivity index (χ2n) is 8.59. The zero-order chi connectivity index (χ0) is 22.8. The number of benzene rings is 2. The Morgan fingerprint density at radius 2 is 1.82 bits per heavy atom. The molecule has 8 heteroatoms. The summed E-state index contributed by atoms with van der Waals surface area (Å²) in [5, 5.41) is 11.9. The number of halogens is 1. The molecule has 0 aliphatic carbocycles. The standard InChI is InChI=1S/C25H27FN6O/c1-17(18-9-11-19(26)12-10-18)27-23(33)14-13-22-29-30-25-24(31-15-5-2-6-16-31)28-20-7-3-4-8-21(20)32(22)25/h3-4,7-12,17H,2,5-6,13-16H2,1H3,(H,27,33). The molecule has 1 unspecified atom stereocenters. The SMILES string of the molecule is CC(NC(=O)CCc1nnc2c(N3CCCCC3)nc3ccccc3n12)c1ccc(F)cc1. The van der Waals surface area contributed by atoms with Crippen molar-refractivity contribution in [3.63, 3.8) is 0 Å². The number of anilines is 1. The minimum absolute atomic E-state index is 0.0850. The average Bonchev–Trinajstić information content (AvgIpc) is 3.27. The first-order valence-corrected chi connectivity index (χ1v) is 11.5. The zero-order valence-electron chi connectivity index (χ0n) is 18.7. The third-order valence-electron chi connectivity index (χ3n) is 6.26. The van der Waals surface area contributed by atoms with Crippen molar-refractivity contribution in [3.8, 4) is 0 Å². The Bertz CT molecular complexity index is 1280. The van der Waals surface area contributed by atoms with E-state index < -0.39 is 0 Å². The molecule has 1 atom stereocenters. The Balaban J connectivity index is 1.38. The normalized spacial score (nSPS) is 15.2. The van der Waals surface area contributed by atoms with Crippen LogP contribution in [0.25, 0.3) is 16.7 Å². The maximum Gasteiger partial charge on any atom is 0.220 e. The largest absolute Gasteiger partial charge is 0.353 e. The number of piperidine rings is 1. The molecule has 3 heterocycles. The maximum atomic E-state index is 13.2. The van der Waals surface area contributed by atoms with Crippen molar-refractivity contribution < 1.29 is 9.18 Å². The van der Waals surface area contributed by atoms with E-state index in [0.717, 1.165) is 59.8 Å². The summed E-state index contributed by atoms with van der Waals surface area (Å²) in [5.74, 6) is 1.23. The second-order valence-corrected chi connectivity index (χ2v) is 8.59. The minimum atomic E-state index is -0.290. The lowest BCUT2D eigenvalue weighted by Gasteiger charge is -2.28. The van der Waals surface area contributed by atoms with Crippen LogP contribution in [0.2, 0.25) is 0 Å². The second kappa shape index (κ2) is 9.13. The summed E-state index contributed by atoms with van der Waals surface area (Å²) in [5.41, 5.74) is 3.43. The molecule has 2 aromatic heterocycles. The van der Waals surface area contributed by atoms with Crippen molar-refractivity contribution >= 4 is 28.4 Å². The molecule has 1 amide bonds. The molecule has 33 heavy (non-hydrogen) atoms. The van der Waals surface area contributed by atoms with Crippen molar-refractivity contribution in [1.29, 1.82) is 0 Å². The molecule has 0 spiro atoms. The smallest absolute Gasteiger partial charge is 0.220 e. The van der Waals surface area contributed by atoms with E-state index in [4.69, 9.17) is 4.98 Å². The van der Waals surface area contributed by atoms with Gasteiger partial charge in [-0.1, -0.05) is 24.3 Å². The van der Waals surface area contributed by atoms with Gasteiger partial charge in [0.25, 0.3) is 0 Å². The molecule has 0 saturated carbocycles. The molecule has 1 aliphatic rings. The van der Waals surface area contributed by atoms with E-state index in [1.165, 1.54) is 18.6 Å². The van der Waals surface area contributed by atoms with Gasteiger partial charge in [0, 0.05) is 25.9 Å². The van der Waals surface area contributed by atoms with Gasteiger partial charge in [-0.25, -0.2) is 9.37 Å². The molecule has 2 aromatic carbocycles. The van der Waals surface area contributed by atoms with E-state index in [0.29, 0.717) is 6.42 Å².